The van der Waals surface area contributed by atoms with Crippen LogP contribution in [0.15, 0.2) is 24.3 Å². The van der Waals surface area contributed by atoms with Crippen molar-refractivity contribution in [3.05, 3.63) is 29.8 Å². The minimum Gasteiger partial charge on any atom is -0.493 e. The van der Waals surface area contributed by atoms with Gasteiger partial charge in [0.25, 0.3) is 0 Å². The predicted octanol–water partition coefficient (Wildman–Crippen LogP) is 3.78. The first kappa shape index (κ1) is 13.4. The highest BCUT2D eigenvalue weighted by molar-refractivity contribution is 5.35. The third kappa shape index (κ3) is 4.02. The van der Waals surface area contributed by atoms with Crippen LogP contribution in [0.1, 0.15) is 45.2 Å². The standard InChI is InChI=1S/C16H25NO/c1-12(2)11-18-16-7-5-4-6-15(16)13(3)17-10-14-8-9-14/h4-7,12-14,17H,8-11H2,1-3H3. The van der Waals surface area contributed by atoms with Crippen LogP contribution < -0.4 is 10.1 Å². The van der Waals surface area contributed by atoms with Crippen LogP contribution in [-0.2, 0) is 0 Å². The first-order valence-electron chi connectivity index (χ1n) is 7.12. The third-order valence-corrected chi connectivity index (χ3v) is 3.37. The summed E-state index contributed by atoms with van der Waals surface area (Å²) in [7, 11) is 0. The van der Waals surface area contributed by atoms with E-state index < -0.39 is 0 Å². The lowest BCUT2D eigenvalue weighted by atomic mass is 10.1. The van der Waals surface area contributed by atoms with Gasteiger partial charge in [-0.15, -0.1) is 0 Å². The zero-order valence-corrected chi connectivity index (χ0v) is 11.8. The van der Waals surface area contributed by atoms with Crippen LogP contribution in [0.3, 0.4) is 0 Å². The summed E-state index contributed by atoms with van der Waals surface area (Å²) >= 11 is 0. The van der Waals surface area contributed by atoms with Gasteiger partial charge in [-0.2, -0.15) is 0 Å². The van der Waals surface area contributed by atoms with Gasteiger partial charge in [-0.1, -0.05) is 32.0 Å². The average molecular weight is 247 g/mol. The van der Waals surface area contributed by atoms with Crippen molar-refractivity contribution in [2.24, 2.45) is 11.8 Å². The summed E-state index contributed by atoms with van der Waals surface area (Å²) in [6.45, 7) is 8.50. The Labute approximate surface area is 111 Å². The number of rotatable bonds is 7. The van der Waals surface area contributed by atoms with Crippen molar-refractivity contribution >= 4 is 0 Å². The van der Waals surface area contributed by atoms with Gasteiger partial charge in [-0.25, -0.2) is 0 Å². The lowest BCUT2D eigenvalue weighted by Crippen LogP contribution is -2.22. The lowest BCUT2D eigenvalue weighted by molar-refractivity contribution is 0.266. The molecule has 0 saturated heterocycles. The van der Waals surface area contributed by atoms with Crippen LogP contribution >= 0.6 is 0 Å². The summed E-state index contributed by atoms with van der Waals surface area (Å²) in [5.41, 5.74) is 1.28. The molecule has 1 aromatic rings. The van der Waals surface area contributed by atoms with Crippen molar-refractivity contribution < 1.29 is 4.74 Å². The highest BCUT2D eigenvalue weighted by atomic mass is 16.5. The van der Waals surface area contributed by atoms with Crippen molar-refractivity contribution in [1.82, 2.24) is 5.32 Å². The van der Waals surface area contributed by atoms with Crippen molar-refractivity contribution in [2.75, 3.05) is 13.2 Å². The van der Waals surface area contributed by atoms with E-state index in [2.05, 4.69) is 44.3 Å². The van der Waals surface area contributed by atoms with Gasteiger partial charge in [0, 0.05) is 11.6 Å². The number of ether oxygens (including phenoxy) is 1. The average Bonchev–Trinajstić information content (AvgIpc) is 3.18. The van der Waals surface area contributed by atoms with Gasteiger partial charge in [-0.3, -0.25) is 0 Å². The normalized spacial score (nSPS) is 16.9. The van der Waals surface area contributed by atoms with E-state index in [-0.39, 0.29) is 0 Å². The molecule has 0 bridgehead atoms. The molecule has 1 aliphatic rings. The Morgan fingerprint density at radius 1 is 1.22 bits per heavy atom. The highest BCUT2D eigenvalue weighted by Crippen LogP contribution is 2.30. The molecule has 0 radical (unpaired) electrons. The molecule has 1 aromatic carbocycles. The second kappa shape index (κ2) is 6.24. The first-order valence-corrected chi connectivity index (χ1v) is 7.12. The molecule has 1 aliphatic carbocycles. The molecule has 0 amide bonds. The van der Waals surface area contributed by atoms with Gasteiger partial charge in [0.15, 0.2) is 0 Å². The second-order valence-corrected chi connectivity index (χ2v) is 5.82. The monoisotopic (exact) mass is 247 g/mol. The van der Waals surface area contributed by atoms with E-state index in [9.17, 15) is 0 Å². The fraction of sp³-hybridized carbons (Fsp3) is 0.625. The Balaban J connectivity index is 1.95. The fourth-order valence-electron chi connectivity index (χ4n) is 2.00. The Hall–Kier alpha value is -1.02. The number of para-hydroxylation sites is 1. The van der Waals surface area contributed by atoms with Gasteiger partial charge >= 0.3 is 0 Å². The van der Waals surface area contributed by atoms with Crippen LogP contribution in [0.4, 0.5) is 0 Å². The number of hydrogen-bond donors (Lipinski definition) is 1. The maximum absolute atomic E-state index is 5.90. The summed E-state index contributed by atoms with van der Waals surface area (Å²) in [5.74, 6) is 2.51. The van der Waals surface area contributed by atoms with Crippen molar-refractivity contribution in [2.45, 2.75) is 39.7 Å². The predicted molar refractivity (Wildman–Crippen MR) is 75.9 cm³/mol. The minimum absolute atomic E-state index is 0.369. The quantitative estimate of drug-likeness (QED) is 0.791. The van der Waals surface area contributed by atoms with Gasteiger partial charge in [0.05, 0.1) is 6.61 Å². The Bertz CT molecular complexity index is 371. The zero-order chi connectivity index (χ0) is 13.0. The minimum atomic E-state index is 0.369. The van der Waals surface area contributed by atoms with Gasteiger partial charge in [-0.05, 0) is 44.2 Å². The summed E-state index contributed by atoms with van der Waals surface area (Å²) < 4.78 is 5.90. The molecular formula is C16H25NO. The number of benzene rings is 1. The molecule has 18 heavy (non-hydrogen) atoms. The molecule has 1 unspecified atom stereocenters. The van der Waals surface area contributed by atoms with E-state index in [1.807, 2.05) is 6.07 Å². The Morgan fingerprint density at radius 2 is 1.94 bits per heavy atom. The van der Waals surface area contributed by atoms with Crippen molar-refractivity contribution in [1.29, 1.82) is 0 Å². The van der Waals surface area contributed by atoms with Crippen LogP contribution in [0.2, 0.25) is 0 Å². The summed E-state index contributed by atoms with van der Waals surface area (Å²) in [4.78, 5) is 0. The molecular weight excluding hydrogens is 222 g/mol. The van der Waals surface area contributed by atoms with E-state index in [0.29, 0.717) is 12.0 Å². The Morgan fingerprint density at radius 3 is 2.61 bits per heavy atom. The maximum atomic E-state index is 5.90. The third-order valence-electron chi connectivity index (χ3n) is 3.37. The number of hydrogen-bond acceptors (Lipinski definition) is 2. The summed E-state index contributed by atoms with van der Waals surface area (Å²) in [6.07, 6.45) is 2.79. The van der Waals surface area contributed by atoms with Crippen molar-refractivity contribution in [3.8, 4) is 5.75 Å². The number of nitrogens with one attached hydrogen (secondary N) is 1. The van der Waals surface area contributed by atoms with E-state index in [0.717, 1.165) is 24.8 Å². The van der Waals surface area contributed by atoms with Crippen molar-refractivity contribution in [3.63, 3.8) is 0 Å². The molecule has 100 valence electrons. The summed E-state index contributed by atoms with van der Waals surface area (Å²) in [6, 6.07) is 8.75. The largest absolute Gasteiger partial charge is 0.493 e. The zero-order valence-electron chi connectivity index (χ0n) is 11.8. The molecule has 0 heterocycles. The first-order chi connectivity index (χ1) is 8.66. The molecule has 0 spiro atoms. The highest BCUT2D eigenvalue weighted by Gasteiger charge is 2.22. The second-order valence-electron chi connectivity index (χ2n) is 5.82. The van der Waals surface area contributed by atoms with Gasteiger partial charge in [0.1, 0.15) is 5.75 Å². The van der Waals surface area contributed by atoms with E-state index >= 15 is 0 Å². The lowest BCUT2D eigenvalue weighted by Gasteiger charge is -2.19. The van der Waals surface area contributed by atoms with Gasteiger partial charge in [0.2, 0.25) is 0 Å². The topological polar surface area (TPSA) is 21.3 Å². The van der Waals surface area contributed by atoms with Crippen LogP contribution in [0.5, 0.6) is 5.75 Å². The maximum Gasteiger partial charge on any atom is 0.124 e. The van der Waals surface area contributed by atoms with Crippen LogP contribution in [0, 0.1) is 11.8 Å². The molecule has 0 aromatic heterocycles. The molecule has 2 heteroatoms. The van der Waals surface area contributed by atoms with Gasteiger partial charge < -0.3 is 10.1 Å². The van der Waals surface area contributed by atoms with Crippen LogP contribution in [-0.4, -0.2) is 13.2 Å². The van der Waals surface area contributed by atoms with Crippen LogP contribution in [0.25, 0.3) is 0 Å². The SMILES string of the molecule is CC(C)COc1ccccc1C(C)NCC1CC1. The molecule has 2 rings (SSSR count). The molecule has 1 atom stereocenters. The molecule has 1 saturated carbocycles. The molecule has 1 fully saturated rings. The Kier molecular flexibility index (Phi) is 4.65. The molecule has 0 aliphatic heterocycles. The fourth-order valence-corrected chi connectivity index (χ4v) is 2.00. The summed E-state index contributed by atoms with van der Waals surface area (Å²) in [5, 5.41) is 3.61. The smallest absolute Gasteiger partial charge is 0.124 e. The molecule has 1 N–H and O–H groups in total. The van der Waals surface area contributed by atoms with E-state index in [1.165, 1.54) is 18.4 Å². The van der Waals surface area contributed by atoms with E-state index in [1.54, 1.807) is 0 Å². The van der Waals surface area contributed by atoms with E-state index in [4.69, 9.17) is 4.74 Å². The molecule has 2 nitrogen and oxygen atoms in total.